The van der Waals surface area contributed by atoms with Crippen LogP contribution >= 0.6 is 0 Å². The predicted octanol–water partition coefficient (Wildman–Crippen LogP) is 1.30. The Labute approximate surface area is 97.4 Å². The van der Waals surface area contributed by atoms with Crippen molar-refractivity contribution in [1.29, 1.82) is 0 Å². The maximum absolute atomic E-state index is 12.0. The lowest BCUT2D eigenvalue weighted by Gasteiger charge is -2.35. The van der Waals surface area contributed by atoms with Crippen LogP contribution < -0.4 is 5.32 Å². The summed E-state index contributed by atoms with van der Waals surface area (Å²) in [4.78, 5) is 25.1. The molecule has 1 fully saturated rings. The maximum atomic E-state index is 12.0. The zero-order valence-electron chi connectivity index (χ0n) is 10.7. The quantitative estimate of drug-likeness (QED) is 0.732. The van der Waals surface area contributed by atoms with Gasteiger partial charge in [-0.1, -0.05) is 0 Å². The van der Waals surface area contributed by atoms with Crippen LogP contribution in [0.15, 0.2) is 0 Å². The first-order valence-electron chi connectivity index (χ1n) is 5.90. The molecule has 1 rings (SSSR count). The summed E-state index contributed by atoms with van der Waals surface area (Å²) in [5.41, 5.74) is -0.239. The molecule has 16 heavy (non-hydrogen) atoms. The minimum Gasteiger partial charge on any atom is -0.350 e. The molecule has 1 N–H and O–H groups in total. The van der Waals surface area contributed by atoms with Gasteiger partial charge in [-0.25, -0.2) is 0 Å². The fourth-order valence-corrected chi connectivity index (χ4v) is 2.03. The molecule has 1 aliphatic heterocycles. The van der Waals surface area contributed by atoms with E-state index in [0.717, 1.165) is 19.3 Å². The van der Waals surface area contributed by atoms with Crippen molar-refractivity contribution in [3.8, 4) is 0 Å². The Morgan fingerprint density at radius 1 is 1.25 bits per heavy atom. The molecule has 4 nitrogen and oxygen atoms in total. The van der Waals surface area contributed by atoms with Gasteiger partial charge in [0.1, 0.15) is 6.04 Å². The van der Waals surface area contributed by atoms with Gasteiger partial charge >= 0.3 is 0 Å². The molecule has 0 radical (unpaired) electrons. The van der Waals surface area contributed by atoms with Crippen molar-refractivity contribution >= 4 is 11.8 Å². The van der Waals surface area contributed by atoms with E-state index >= 15 is 0 Å². The number of amides is 2. The van der Waals surface area contributed by atoms with E-state index in [1.165, 1.54) is 6.92 Å². The van der Waals surface area contributed by atoms with Crippen LogP contribution in [0.3, 0.4) is 0 Å². The largest absolute Gasteiger partial charge is 0.350 e. The topological polar surface area (TPSA) is 49.4 Å². The zero-order chi connectivity index (χ0) is 12.3. The van der Waals surface area contributed by atoms with E-state index < -0.39 is 0 Å². The number of carbonyl (C=O) groups excluding carboxylic acids is 2. The van der Waals surface area contributed by atoms with E-state index in [-0.39, 0.29) is 23.4 Å². The molecule has 0 aromatic heterocycles. The highest BCUT2D eigenvalue weighted by Crippen LogP contribution is 2.18. The zero-order valence-corrected chi connectivity index (χ0v) is 10.7. The summed E-state index contributed by atoms with van der Waals surface area (Å²) >= 11 is 0. The van der Waals surface area contributed by atoms with Gasteiger partial charge in [0.15, 0.2) is 0 Å². The van der Waals surface area contributed by atoms with Crippen molar-refractivity contribution in [1.82, 2.24) is 10.2 Å². The van der Waals surface area contributed by atoms with Gasteiger partial charge in [0.2, 0.25) is 11.8 Å². The number of hydrogen-bond acceptors (Lipinski definition) is 2. The van der Waals surface area contributed by atoms with Crippen molar-refractivity contribution in [2.75, 3.05) is 6.54 Å². The van der Waals surface area contributed by atoms with Crippen molar-refractivity contribution in [3.05, 3.63) is 0 Å². The molecule has 0 aliphatic carbocycles. The molecule has 1 atom stereocenters. The fourth-order valence-electron chi connectivity index (χ4n) is 2.03. The Hall–Kier alpha value is -1.06. The summed E-state index contributed by atoms with van der Waals surface area (Å²) in [7, 11) is 0. The van der Waals surface area contributed by atoms with E-state index in [4.69, 9.17) is 0 Å². The second-order valence-electron chi connectivity index (χ2n) is 5.46. The molecule has 0 bridgehead atoms. The molecule has 4 heteroatoms. The summed E-state index contributed by atoms with van der Waals surface area (Å²) in [6, 6.07) is -0.273. The van der Waals surface area contributed by atoms with Crippen LogP contribution in [-0.2, 0) is 9.59 Å². The monoisotopic (exact) mass is 226 g/mol. The minimum absolute atomic E-state index is 0.00578. The van der Waals surface area contributed by atoms with E-state index in [0.29, 0.717) is 6.54 Å². The number of hydrogen-bond donors (Lipinski definition) is 1. The van der Waals surface area contributed by atoms with E-state index in [2.05, 4.69) is 5.32 Å². The molecule has 1 aliphatic rings. The molecule has 1 saturated heterocycles. The highest BCUT2D eigenvalue weighted by molar-refractivity contribution is 5.87. The normalized spacial score (nSPS) is 21.8. The SMILES string of the molecule is CC(=O)N1CCCCC1C(=O)NC(C)(C)C. The first-order chi connectivity index (χ1) is 7.31. The van der Waals surface area contributed by atoms with Crippen LogP contribution in [0.25, 0.3) is 0 Å². The van der Waals surface area contributed by atoms with E-state index in [1.807, 2.05) is 20.8 Å². The summed E-state index contributed by atoms with van der Waals surface area (Å²) < 4.78 is 0. The lowest BCUT2D eigenvalue weighted by Crippen LogP contribution is -2.55. The third-order valence-electron chi connectivity index (χ3n) is 2.71. The van der Waals surface area contributed by atoms with Gasteiger partial charge in [-0.2, -0.15) is 0 Å². The highest BCUT2D eigenvalue weighted by Gasteiger charge is 2.31. The molecule has 92 valence electrons. The van der Waals surface area contributed by atoms with Gasteiger partial charge < -0.3 is 10.2 Å². The van der Waals surface area contributed by atoms with Crippen LogP contribution in [0.4, 0.5) is 0 Å². The summed E-state index contributed by atoms with van der Waals surface area (Å²) in [5.74, 6) is -0.0313. The van der Waals surface area contributed by atoms with Gasteiger partial charge in [-0.3, -0.25) is 9.59 Å². The Kier molecular flexibility index (Phi) is 3.94. The lowest BCUT2D eigenvalue weighted by molar-refractivity contribution is -0.141. The van der Waals surface area contributed by atoms with Gasteiger partial charge in [0.25, 0.3) is 0 Å². The lowest BCUT2D eigenvalue weighted by atomic mass is 9.99. The Morgan fingerprint density at radius 2 is 1.88 bits per heavy atom. The Balaban J connectivity index is 2.68. The third-order valence-corrected chi connectivity index (χ3v) is 2.71. The van der Waals surface area contributed by atoms with Gasteiger partial charge in [0, 0.05) is 19.0 Å². The van der Waals surface area contributed by atoms with Gasteiger partial charge in [0.05, 0.1) is 0 Å². The van der Waals surface area contributed by atoms with E-state index in [9.17, 15) is 9.59 Å². The van der Waals surface area contributed by atoms with Crippen molar-refractivity contribution < 1.29 is 9.59 Å². The average molecular weight is 226 g/mol. The number of nitrogens with one attached hydrogen (secondary N) is 1. The number of piperidine rings is 1. The first kappa shape index (κ1) is 13.0. The molecule has 1 unspecified atom stereocenters. The number of rotatable bonds is 1. The van der Waals surface area contributed by atoms with Crippen LogP contribution in [0.2, 0.25) is 0 Å². The summed E-state index contributed by atoms with van der Waals surface area (Å²) in [5, 5.41) is 2.94. The van der Waals surface area contributed by atoms with Crippen LogP contribution in [0, 0.1) is 0 Å². The number of likely N-dealkylation sites (tertiary alicyclic amines) is 1. The van der Waals surface area contributed by atoms with Gasteiger partial charge in [-0.05, 0) is 40.0 Å². The fraction of sp³-hybridized carbons (Fsp3) is 0.833. The van der Waals surface area contributed by atoms with Crippen LogP contribution in [0.1, 0.15) is 47.0 Å². The standard InChI is InChI=1S/C12H22N2O2/c1-9(15)14-8-6-5-7-10(14)11(16)13-12(2,3)4/h10H,5-8H2,1-4H3,(H,13,16). The number of carbonyl (C=O) groups is 2. The molecule has 0 saturated carbocycles. The maximum Gasteiger partial charge on any atom is 0.243 e. The Morgan fingerprint density at radius 3 is 2.38 bits per heavy atom. The number of nitrogens with zero attached hydrogens (tertiary/aromatic N) is 1. The van der Waals surface area contributed by atoms with Crippen LogP contribution in [-0.4, -0.2) is 34.8 Å². The average Bonchev–Trinajstić information content (AvgIpc) is 2.15. The molecule has 0 aromatic rings. The summed E-state index contributed by atoms with van der Waals surface area (Å²) in [6.45, 7) is 8.09. The van der Waals surface area contributed by atoms with Crippen molar-refractivity contribution in [2.24, 2.45) is 0 Å². The predicted molar refractivity (Wildman–Crippen MR) is 62.9 cm³/mol. The molecule has 0 aromatic carbocycles. The smallest absolute Gasteiger partial charge is 0.243 e. The van der Waals surface area contributed by atoms with Crippen molar-refractivity contribution in [3.63, 3.8) is 0 Å². The summed E-state index contributed by atoms with van der Waals surface area (Å²) in [6.07, 6.45) is 2.80. The van der Waals surface area contributed by atoms with Crippen LogP contribution in [0.5, 0.6) is 0 Å². The second kappa shape index (κ2) is 4.85. The molecule has 2 amide bonds. The first-order valence-corrected chi connectivity index (χ1v) is 5.90. The minimum atomic E-state index is -0.273. The van der Waals surface area contributed by atoms with Crippen molar-refractivity contribution in [2.45, 2.75) is 58.5 Å². The third kappa shape index (κ3) is 3.51. The van der Waals surface area contributed by atoms with Gasteiger partial charge in [-0.15, -0.1) is 0 Å². The highest BCUT2D eigenvalue weighted by atomic mass is 16.2. The molecular weight excluding hydrogens is 204 g/mol. The molecular formula is C12H22N2O2. The van der Waals surface area contributed by atoms with E-state index in [1.54, 1.807) is 4.90 Å². The molecule has 0 spiro atoms. The Bertz CT molecular complexity index is 281. The molecule has 1 heterocycles. The second-order valence-corrected chi connectivity index (χ2v) is 5.46.